The van der Waals surface area contributed by atoms with Crippen LogP contribution in [0.2, 0.25) is 0 Å². The molecule has 1 aliphatic heterocycles. The molecule has 2 N–H and O–H groups in total. The molecule has 2 amide bonds. The van der Waals surface area contributed by atoms with Crippen molar-refractivity contribution >= 4 is 17.5 Å². The zero-order valence-corrected chi connectivity index (χ0v) is 12.4. The first-order valence-electron chi connectivity index (χ1n) is 7.32. The largest absolute Gasteiger partial charge is 0.492 e. The van der Waals surface area contributed by atoms with Gasteiger partial charge in [0.15, 0.2) is 0 Å². The maximum absolute atomic E-state index is 11.8. The quantitative estimate of drug-likeness (QED) is 0.808. The van der Waals surface area contributed by atoms with E-state index in [0.717, 1.165) is 11.3 Å². The SMILES string of the molecule is O=C1CCc2cc(OCCNC(=O)c3cnccn3)ccc2N1. The summed E-state index contributed by atoms with van der Waals surface area (Å²) < 4.78 is 5.62. The van der Waals surface area contributed by atoms with Gasteiger partial charge in [0.25, 0.3) is 5.91 Å². The van der Waals surface area contributed by atoms with E-state index in [1.165, 1.54) is 18.6 Å². The standard InChI is InChI=1S/C16H16N4O3/c21-15-4-1-11-9-12(2-3-13(11)20-15)23-8-7-19-16(22)14-10-17-5-6-18-14/h2-3,5-6,9-10H,1,4,7-8H2,(H,19,22)(H,20,21). The lowest BCUT2D eigenvalue weighted by atomic mass is 10.0. The van der Waals surface area contributed by atoms with E-state index in [1.54, 1.807) is 6.07 Å². The van der Waals surface area contributed by atoms with Gasteiger partial charge in [-0.25, -0.2) is 4.98 Å². The van der Waals surface area contributed by atoms with Crippen molar-refractivity contribution in [2.75, 3.05) is 18.5 Å². The van der Waals surface area contributed by atoms with Gasteiger partial charge in [0.2, 0.25) is 5.91 Å². The number of aromatic nitrogens is 2. The van der Waals surface area contributed by atoms with Gasteiger partial charge in [-0.15, -0.1) is 0 Å². The molecule has 0 atom stereocenters. The number of ether oxygens (including phenoxy) is 1. The highest BCUT2D eigenvalue weighted by Crippen LogP contribution is 2.26. The number of benzene rings is 1. The third-order valence-electron chi connectivity index (χ3n) is 3.42. The lowest BCUT2D eigenvalue weighted by Gasteiger charge is -2.17. The third kappa shape index (κ3) is 3.82. The molecule has 1 aliphatic rings. The summed E-state index contributed by atoms with van der Waals surface area (Å²) in [7, 11) is 0. The Hall–Kier alpha value is -2.96. The number of aryl methyl sites for hydroxylation is 1. The Labute approximate surface area is 133 Å². The predicted molar refractivity (Wildman–Crippen MR) is 83.3 cm³/mol. The van der Waals surface area contributed by atoms with E-state index in [1.807, 2.05) is 12.1 Å². The summed E-state index contributed by atoms with van der Waals surface area (Å²) in [6.07, 6.45) is 5.59. The molecule has 0 bridgehead atoms. The zero-order valence-electron chi connectivity index (χ0n) is 12.4. The van der Waals surface area contributed by atoms with E-state index in [9.17, 15) is 9.59 Å². The third-order valence-corrected chi connectivity index (χ3v) is 3.42. The van der Waals surface area contributed by atoms with Crippen molar-refractivity contribution in [3.8, 4) is 5.75 Å². The summed E-state index contributed by atoms with van der Waals surface area (Å²) in [5, 5.41) is 5.54. The van der Waals surface area contributed by atoms with Crippen molar-refractivity contribution in [1.29, 1.82) is 0 Å². The summed E-state index contributed by atoms with van der Waals surface area (Å²) in [4.78, 5) is 30.8. The molecule has 2 heterocycles. The average Bonchev–Trinajstić information content (AvgIpc) is 2.59. The number of rotatable bonds is 5. The number of hydrogen-bond donors (Lipinski definition) is 2. The number of hydrogen-bond acceptors (Lipinski definition) is 5. The van der Waals surface area contributed by atoms with Crippen LogP contribution in [-0.2, 0) is 11.2 Å². The normalized spacial score (nSPS) is 13.0. The minimum absolute atomic E-state index is 0.0397. The van der Waals surface area contributed by atoms with Gasteiger partial charge in [-0.1, -0.05) is 0 Å². The van der Waals surface area contributed by atoms with Crippen molar-refractivity contribution in [1.82, 2.24) is 15.3 Å². The Morgan fingerprint density at radius 1 is 1.30 bits per heavy atom. The molecule has 23 heavy (non-hydrogen) atoms. The second-order valence-corrected chi connectivity index (χ2v) is 5.06. The molecule has 0 fully saturated rings. The molecule has 0 unspecified atom stereocenters. The van der Waals surface area contributed by atoms with Crippen LogP contribution in [0.15, 0.2) is 36.8 Å². The molecule has 7 nitrogen and oxygen atoms in total. The van der Waals surface area contributed by atoms with Crippen LogP contribution in [0.3, 0.4) is 0 Å². The molecule has 0 aliphatic carbocycles. The number of nitrogens with zero attached hydrogens (tertiary/aromatic N) is 2. The molecule has 0 saturated carbocycles. The van der Waals surface area contributed by atoms with Crippen molar-refractivity contribution in [3.05, 3.63) is 48.0 Å². The molecule has 118 valence electrons. The highest BCUT2D eigenvalue weighted by molar-refractivity contribution is 5.94. The second kappa shape index (κ2) is 6.87. The number of amides is 2. The van der Waals surface area contributed by atoms with Crippen LogP contribution >= 0.6 is 0 Å². The van der Waals surface area contributed by atoms with Gasteiger partial charge in [-0.05, 0) is 30.2 Å². The molecule has 3 rings (SSSR count). The van der Waals surface area contributed by atoms with Gasteiger partial charge in [0.1, 0.15) is 18.1 Å². The van der Waals surface area contributed by atoms with Crippen LogP contribution in [0.25, 0.3) is 0 Å². The number of nitrogens with one attached hydrogen (secondary N) is 2. The summed E-state index contributed by atoms with van der Waals surface area (Å²) in [6.45, 7) is 0.709. The van der Waals surface area contributed by atoms with Crippen LogP contribution < -0.4 is 15.4 Å². The molecule has 0 spiro atoms. The van der Waals surface area contributed by atoms with Gasteiger partial charge in [0.05, 0.1) is 12.7 Å². The van der Waals surface area contributed by atoms with Crippen LogP contribution in [0.5, 0.6) is 5.75 Å². The van der Waals surface area contributed by atoms with Crippen molar-refractivity contribution < 1.29 is 14.3 Å². The summed E-state index contributed by atoms with van der Waals surface area (Å²) in [6, 6.07) is 5.55. The monoisotopic (exact) mass is 312 g/mol. The van der Waals surface area contributed by atoms with Crippen LogP contribution in [-0.4, -0.2) is 34.9 Å². The van der Waals surface area contributed by atoms with Crippen LogP contribution in [0.4, 0.5) is 5.69 Å². The molecule has 0 saturated heterocycles. The zero-order chi connectivity index (χ0) is 16.1. The van der Waals surface area contributed by atoms with Gasteiger partial charge in [-0.3, -0.25) is 14.6 Å². The minimum Gasteiger partial charge on any atom is -0.492 e. The molecule has 1 aromatic heterocycles. The Morgan fingerprint density at radius 2 is 2.22 bits per heavy atom. The molecule has 0 radical (unpaired) electrons. The Bertz CT molecular complexity index is 719. The fourth-order valence-corrected chi connectivity index (χ4v) is 2.29. The van der Waals surface area contributed by atoms with Crippen molar-refractivity contribution in [3.63, 3.8) is 0 Å². The Balaban J connectivity index is 1.48. The van der Waals surface area contributed by atoms with E-state index in [0.29, 0.717) is 31.7 Å². The maximum atomic E-state index is 11.8. The van der Waals surface area contributed by atoms with Crippen LogP contribution in [0.1, 0.15) is 22.5 Å². The molecular weight excluding hydrogens is 296 g/mol. The minimum atomic E-state index is -0.283. The first kappa shape index (κ1) is 15.0. The van der Waals surface area contributed by atoms with E-state index in [2.05, 4.69) is 20.6 Å². The average molecular weight is 312 g/mol. The highest BCUT2D eigenvalue weighted by Gasteiger charge is 2.15. The number of fused-ring (bicyclic) bond motifs is 1. The topological polar surface area (TPSA) is 93.2 Å². The lowest BCUT2D eigenvalue weighted by molar-refractivity contribution is -0.116. The van der Waals surface area contributed by atoms with E-state index in [-0.39, 0.29) is 17.5 Å². The molecule has 2 aromatic rings. The maximum Gasteiger partial charge on any atom is 0.271 e. The van der Waals surface area contributed by atoms with Crippen molar-refractivity contribution in [2.45, 2.75) is 12.8 Å². The van der Waals surface area contributed by atoms with E-state index >= 15 is 0 Å². The molecule has 1 aromatic carbocycles. The number of carbonyl (C=O) groups excluding carboxylic acids is 2. The Kier molecular flexibility index (Phi) is 4.46. The Morgan fingerprint density at radius 3 is 3.04 bits per heavy atom. The first-order chi connectivity index (χ1) is 11.2. The number of carbonyl (C=O) groups is 2. The predicted octanol–water partition coefficient (Wildman–Crippen LogP) is 1.17. The first-order valence-corrected chi connectivity index (χ1v) is 7.32. The van der Waals surface area contributed by atoms with E-state index in [4.69, 9.17) is 4.74 Å². The lowest BCUT2D eigenvalue weighted by Crippen LogP contribution is -2.28. The fraction of sp³-hybridized carbons (Fsp3) is 0.250. The highest BCUT2D eigenvalue weighted by atomic mass is 16.5. The summed E-state index contributed by atoms with van der Waals surface area (Å²) in [5.74, 6) is 0.474. The van der Waals surface area contributed by atoms with Gasteiger partial charge in [0, 0.05) is 24.5 Å². The van der Waals surface area contributed by atoms with Crippen LogP contribution in [0, 0.1) is 0 Å². The van der Waals surface area contributed by atoms with Gasteiger partial charge >= 0.3 is 0 Å². The van der Waals surface area contributed by atoms with Gasteiger partial charge < -0.3 is 15.4 Å². The van der Waals surface area contributed by atoms with E-state index < -0.39 is 0 Å². The number of anilines is 1. The summed E-state index contributed by atoms with van der Waals surface area (Å²) in [5.41, 5.74) is 2.17. The summed E-state index contributed by atoms with van der Waals surface area (Å²) >= 11 is 0. The fourth-order valence-electron chi connectivity index (χ4n) is 2.29. The smallest absolute Gasteiger partial charge is 0.271 e. The van der Waals surface area contributed by atoms with Gasteiger partial charge in [-0.2, -0.15) is 0 Å². The van der Waals surface area contributed by atoms with Crippen molar-refractivity contribution in [2.24, 2.45) is 0 Å². The second-order valence-electron chi connectivity index (χ2n) is 5.06. The molecule has 7 heteroatoms. The molecular formula is C16H16N4O3.